The number of hydrogen-bond donors (Lipinski definition) is 1. The van der Waals surface area contributed by atoms with Crippen LogP contribution in [0.4, 0.5) is 0 Å². The van der Waals surface area contributed by atoms with Gasteiger partial charge in [0.15, 0.2) is 0 Å². The zero-order valence-corrected chi connectivity index (χ0v) is 8.45. The van der Waals surface area contributed by atoms with Crippen LogP contribution < -0.4 is 5.73 Å². The second-order valence-corrected chi connectivity index (χ2v) is 5.04. The van der Waals surface area contributed by atoms with E-state index >= 15 is 0 Å². The zero-order chi connectivity index (χ0) is 9.60. The lowest BCUT2D eigenvalue weighted by molar-refractivity contribution is 0.548. The number of nitrogens with two attached hydrogens (primary N) is 1. The third kappa shape index (κ3) is 1.46. The molecule has 0 heterocycles. The van der Waals surface area contributed by atoms with Crippen molar-refractivity contribution in [3.63, 3.8) is 0 Å². The highest BCUT2D eigenvalue weighted by Gasteiger charge is 2.56. The van der Waals surface area contributed by atoms with Crippen molar-refractivity contribution in [2.45, 2.75) is 31.2 Å². The van der Waals surface area contributed by atoms with E-state index in [2.05, 4.69) is 30.3 Å². The van der Waals surface area contributed by atoms with Gasteiger partial charge in [-0.2, -0.15) is 0 Å². The van der Waals surface area contributed by atoms with Gasteiger partial charge in [-0.1, -0.05) is 30.3 Å². The summed E-state index contributed by atoms with van der Waals surface area (Å²) in [6, 6.07) is 10.7. The lowest BCUT2D eigenvalue weighted by Gasteiger charge is -2.10. The van der Waals surface area contributed by atoms with Crippen molar-refractivity contribution < 1.29 is 0 Å². The highest BCUT2D eigenvalue weighted by Crippen LogP contribution is 2.56. The van der Waals surface area contributed by atoms with Crippen LogP contribution in [0.2, 0.25) is 0 Å². The minimum Gasteiger partial charge on any atom is -0.325 e. The summed E-state index contributed by atoms with van der Waals surface area (Å²) in [5.41, 5.74) is 7.92. The molecule has 2 aliphatic rings. The molecule has 2 atom stereocenters. The van der Waals surface area contributed by atoms with Crippen LogP contribution >= 0.6 is 0 Å². The van der Waals surface area contributed by atoms with E-state index in [0.29, 0.717) is 0 Å². The molecular formula is C13H17N. The Labute approximate surface area is 85.3 Å². The van der Waals surface area contributed by atoms with Crippen LogP contribution in [-0.2, 0) is 6.42 Å². The summed E-state index contributed by atoms with van der Waals surface area (Å²) in [5, 5.41) is 0. The van der Waals surface area contributed by atoms with Gasteiger partial charge in [-0.15, -0.1) is 0 Å². The lowest BCUT2D eigenvalue weighted by Crippen LogP contribution is -2.28. The van der Waals surface area contributed by atoms with Gasteiger partial charge in [0, 0.05) is 5.54 Å². The molecule has 2 unspecified atom stereocenters. The molecule has 3 rings (SSSR count). The van der Waals surface area contributed by atoms with Crippen molar-refractivity contribution in [3.8, 4) is 0 Å². The van der Waals surface area contributed by atoms with Crippen molar-refractivity contribution in [2.24, 2.45) is 17.6 Å². The first-order chi connectivity index (χ1) is 6.78. The Kier molecular flexibility index (Phi) is 1.72. The normalized spacial score (nSPS) is 35.6. The van der Waals surface area contributed by atoms with Crippen LogP contribution in [0.5, 0.6) is 0 Å². The highest BCUT2D eigenvalue weighted by atomic mass is 14.9. The van der Waals surface area contributed by atoms with E-state index in [-0.39, 0.29) is 5.54 Å². The van der Waals surface area contributed by atoms with Gasteiger partial charge >= 0.3 is 0 Å². The minimum atomic E-state index is 0.155. The summed E-state index contributed by atoms with van der Waals surface area (Å²) in [5.74, 6) is 1.81. The first-order valence-corrected chi connectivity index (χ1v) is 5.61. The molecule has 0 bridgehead atoms. The minimum absolute atomic E-state index is 0.155. The molecule has 0 radical (unpaired) electrons. The van der Waals surface area contributed by atoms with Crippen molar-refractivity contribution in [1.82, 2.24) is 0 Å². The molecule has 14 heavy (non-hydrogen) atoms. The molecule has 0 amide bonds. The molecule has 1 aromatic rings. The molecule has 74 valence electrons. The third-order valence-corrected chi connectivity index (χ3v) is 3.75. The summed E-state index contributed by atoms with van der Waals surface area (Å²) in [7, 11) is 0. The molecule has 0 spiro atoms. The maximum absolute atomic E-state index is 6.36. The molecule has 2 fully saturated rings. The fourth-order valence-corrected chi connectivity index (χ4v) is 2.66. The number of hydrogen-bond acceptors (Lipinski definition) is 1. The van der Waals surface area contributed by atoms with E-state index in [1.807, 2.05) is 0 Å². The van der Waals surface area contributed by atoms with Crippen LogP contribution in [0.25, 0.3) is 0 Å². The van der Waals surface area contributed by atoms with Gasteiger partial charge in [-0.3, -0.25) is 0 Å². The molecule has 0 aliphatic heterocycles. The zero-order valence-electron chi connectivity index (χ0n) is 8.45. The average molecular weight is 187 g/mol. The Morgan fingerprint density at radius 1 is 1.21 bits per heavy atom. The van der Waals surface area contributed by atoms with Crippen molar-refractivity contribution in [2.75, 3.05) is 0 Å². The average Bonchev–Trinajstić information content (AvgIpc) is 3.03. The smallest absolute Gasteiger partial charge is 0.0230 e. The van der Waals surface area contributed by atoms with Crippen molar-refractivity contribution >= 4 is 0 Å². The fraction of sp³-hybridized carbons (Fsp3) is 0.538. The topological polar surface area (TPSA) is 26.0 Å². The summed E-state index contributed by atoms with van der Waals surface area (Å²) in [6.45, 7) is 0. The second kappa shape index (κ2) is 2.83. The van der Waals surface area contributed by atoms with E-state index < -0.39 is 0 Å². The molecule has 1 nitrogen and oxygen atoms in total. The Morgan fingerprint density at radius 2 is 1.93 bits per heavy atom. The Balaban J connectivity index is 1.68. The Bertz CT molecular complexity index is 328. The quantitative estimate of drug-likeness (QED) is 0.772. The standard InChI is InChI=1S/C13H17N/c14-13(9-12(13)11-6-7-11)8-10-4-2-1-3-5-10/h1-5,11-12H,6-9,14H2. The van der Waals surface area contributed by atoms with E-state index in [9.17, 15) is 0 Å². The monoisotopic (exact) mass is 187 g/mol. The highest BCUT2D eigenvalue weighted by molar-refractivity contribution is 5.24. The van der Waals surface area contributed by atoms with Gasteiger partial charge in [0.2, 0.25) is 0 Å². The molecule has 0 saturated heterocycles. The molecule has 2 N–H and O–H groups in total. The van der Waals surface area contributed by atoms with Gasteiger partial charge in [-0.25, -0.2) is 0 Å². The molecular weight excluding hydrogens is 170 g/mol. The van der Waals surface area contributed by atoms with Crippen LogP contribution in [0, 0.1) is 11.8 Å². The number of rotatable bonds is 3. The molecule has 2 saturated carbocycles. The molecule has 1 heteroatoms. The van der Waals surface area contributed by atoms with Gasteiger partial charge < -0.3 is 5.73 Å². The van der Waals surface area contributed by atoms with E-state index in [0.717, 1.165) is 18.3 Å². The largest absolute Gasteiger partial charge is 0.325 e. The predicted molar refractivity (Wildman–Crippen MR) is 57.9 cm³/mol. The summed E-state index contributed by atoms with van der Waals surface area (Å²) < 4.78 is 0. The van der Waals surface area contributed by atoms with Crippen LogP contribution in [0.15, 0.2) is 30.3 Å². The fourth-order valence-electron chi connectivity index (χ4n) is 2.66. The van der Waals surface area contributed by atoms with Crippen LogP contribution in [0.1, 0.15) is 24.8 Å². The second-order valence-electron chi connectivity index (χ2n) is 5.04. The third-order valence-electron chi connectivity index (χ3n) is 3.75. The Morgan fingerprint density at radius 3 is 2.57 bits per heavy atom. The summed E-state index contributed by atoms with van der Waals surface area (Å²) >= 11 is 0. The van der Waals surface area contributed by atoms with Gasteiger partial charge in [0.05, 0.1) is 0 Å². The van der Waals surface area contributed by atoms with E-state index in [1.54, 1.807) is 0 Å². The molecule has 0 aromatic heterocycles. The first-order valence-electron chi connectivity index (χ1n) is 5.61. The predicted octanol–water partition coefficient (Wildman–Crippen LogP) is 2.36. The summed E-state index contributed by atoms with van der Waals surface area (Å²) in [4.78, 5) is 0. The van der Waals surface area contributed by atoms with Crippen LogP contribution in [0.3, 0.4) is 0 Å². The lowest BCUT2D eigenvalue weighted by atomic mass is 10.0. The maximum Gasteiger partial charge on any atom is 0.0230 e. The van der Waals surface area contributed by atoms with E-state index in [4.69, 9.17) is 5.73 Å². The van der Waals surface area contributed by atoms with E-state index in [1.165, 1.54) is 24.8 Å². The number of benzene rings is 1. The maximum atomic E-state index is 6.36. The molecule has 1 aromatic carbocycles. The first kappa shape index (κ1) is 8.49. The molecule has 2 aliphatic carbocycles. The van der Waals surface area contributed by atoms with Gasteiger partial charge in [0.1, 0.15) is 0 Å². The van der Waals surface area contributed by atoms with Gasteiger partial charge in [-0.05, 0) is 43.1 Å². The summed E-state index contributed by atoms with van der Waals surface area (Å²) in [6.07, 6.45) is 5.19. The van der Waals surface area contributed by atoms with Gasteiger partial charge in [0.25, 0.3) is 0 Å². The van der Waals surface area contributed by atoms with Crippen molar-refractivity contribution in [1.29, 1.82) is 0 Å². The van der Waals surface area contributed by atoms with Crippen LogP contribution in [-0.4, -0.2) is 5.54 Å². The van der Waals surface area contributed by atoms with Crippen molar-refractivity contribution in [3.05, 3.63) is 35.9 Å². The SMILES string of the molecule is NC1(Cc2ccccc2)CC1C1CC1. The Hall–Kier alpha value is -0.820.